The van der Waals surface area contributed by atoms with Gasteiger partial charge in [-0.3, -0.25) is 0 Å². The van der Waals surface area contributed by atoms with Gasteiger partial charge in [-0.2, -0.15) is 5.48 Å². The van der Waals surface area contributed by atoms with Crippen LogP contribution >= 0.6 is 0 Å². The summed E-state index contributed by atoms with van der Waals surface area (Å²) >= 11 is 0. The lowest BCUT2D eigenvalue weighted by Gasteiger charge is -2.29. The summed E-state index contributed by atoms with van der Waals surface area (Å²) < 4.78 is 0. The zero-order valence-corrected chi connectivity index (χ0v) is 10.1. The van der Waals surface area contributed by atoms with Crippen LogP contribution in [0.1, 0.15) is 52.9 Å². The summed E-state index contributed by atoms with van der Waals surface area (Å²) in [6.07, 6.45) is 6.58. The van der Waals surface area contributed by atoms with Crippen molar-refractivity contribution >= 4 is 0 Å². The van der Waals surface area contributed by atoms with Crippen molar-refractivity contribution in [3.05, 3.63) is 0 Å². The summed E-state index contributed by atoms with van der Waals surface area (Å²) in [7, 11) is 1.71. The summed E-state index contributed by atoms with van der Waals surface area (Å²) in [5.41, 5.74) is 3.57. The van der Waals surface area contributed by atoms with E-state index in [0.29, 0.717) is 11.5 Å². The van der Waals surface area contributed by atoms with Crippen LogP contribution in [0.25, 0.3) is 0 Å². The average molecular weight is 199 g/mol. The molecule has 0 aromatic carbocycles. The minimum Gasteiger partial charge on any atom is -0.305 e. The van der Waals surface area contributed by atoms with E-state index in [0.717, 1.165) is 5.92 Å². The molecule has 1 N–H and O–H groups in total. The van der Waals surface area contributed by atoms with Gasteiger partial charge in [0.2, 0.25) is 0 Å². The third-order valence-electron chi connectivity index (χ3n) is 3.48. The van der Waals surface area contributed by atoms with Gasteiger partial charge < -0.3 is 4.84 Å². The van der Waals surface area contributed by atoms with Gasteiger partial charge in [-0.15, -0.1) is 0 Å². The molecule has 0 amide bonds. The summed E-state index contributed by atoms with van der Waals surface area (Å²) in [4.78, 5) is 5.01. The van der Waals surface area contributed by atoms with Crippen LogP contribution in [0.3, 0.4) is 0 Å². The second-order valence-electron chi connectivity index (χ2n) is 5.59. The quantitative estimate of drug-likeness (QED) is 0.545. The summed E-state index contributed by atoms with van der Waals surface area (Å²) in [5, 5.41) is 0. The Labute approximate surface area is 88.4 Å². The van der Waals surface area contributed by atoms with Crippen LogP contribution in [0, 0.1) is 11.3 Å². The van der Waals surface area contributed by atoms with Gasteiger partial charge in [-0.1, -0.05) is 27.2 Å². The van der Waals surface area contributed by atoms with Gasteiger partial charge in [0.15, 0.2) is 0 Å². The van der Waals surface area contributed by atoms with Crippen LogP contribution in [0.2, 0.25) is 0 Å². The molecular formula is C12H25NO. The molecule has 1 aliphatic rings. The fourth-order valence-electron chi connectivity index (χ4n) is 2.45. The molecule has 0 aliphatic heterocycles. The number of rotatable bonds is 2. The molecule has 84 valence electrons. The number of hydrogen-bond donors (Lipinski definition) is 1. The van der Waals surface area contributed by atoms with Gasteiger partial charge in [0, 0.05) is 6.04 Å². The fourth-order valence-corrected chi connectivity index (χ4v) is 2.45. The minimum absolute atomic E-state index is 0.474. The van der Waals surface area contributed by atoms with Crippen molar-refractivity contribution in [1.29, 1.82) is 0 Å². The monoisotopic (exact) mass is 199 g/mol. The molecule has 0 aromatic heterocycles. The van der Waals surface area contributed by atoms with E-state index in [4.69, 9.17) is 4.84 Å². The molecule has 1 aliphatic carbocycles. The highest BCUT2D eigenvalue weighted by Gasteiger charge is 2.27. The van der Waals surface area contributed by atoms with Crippen molar-refractivity contribution in [3.8, 4) is 0 Å². The van der Waals surface area contributed by atoms with Crippen molar-refractivity contribution in [3.63, 3.8) is 0 Å². The predicted octanol–water partition coefficient (Wildman–Crippen LogP) is 3.13. The van der Waals surface area contributed by atoms with E-state index in [2.05, 4.69) is 26.3 Å². The van der Waals surface area contributed by atoms with Crippen molar-refractivity contribution in [2.45, 2.75) is 58.9 Å². The highest BCUT2D eigenvalue weighted by atomic mass is 16.6. The lowest BCUT2D eigenvalue weighted by molar-refractivity contribution is 0.0551. The Hall–Kier alpha value is -0.0800. The molecule has 2 atom stereocenters. The van der Waals surface area contributed by atoms with Crippen molar-refractivity contribution < 1.29 is 4.84 Å². The van der Waals surface area contributed by atoms with E-state index >= 15 is 0 Å². The maximum atomic E-state index is 5.01. The summed E-state index contributed by atoms with van der Waals surface area (Å²) in [5.74, 6) is 0.881. The molecular weight excluding hydrogens is 174 g/mol. The van der Waals surface area contributed by atoms with Crippen molar-refractivity contribution in [2.24, 2.45) is 11.3 Å². The van der Waals surface area contributed by atoms with Crippen molar-refractivity contribution in [2.75, 3.05) is 7.11 Å². The molecule has 0 aromatic rings. The topological polar surface area (TPSA) is 21.3 Å². The lowest BCUT2D eigenvalue weighted by Crippen LogP contribution is -2.27. The molecule has 0 radical (unpaired) electrons. The molecule has 0 bridgehead atoms. The van der Waals surface area contributed by atoms with Crippen LogP contribution in [0.5, 0.6) is 0 Å². The van der Waals surface area contributed by atoms with E-state index < -0.39 is 0 Å². The summed E-state index contributed by atoms with van der Waals surface area (Å²) in [6, 6.07) is 0.576. The first-order valence-electron chi connectivity index (χ1n) is 5.82. The zero-order valence-electron chi connectivity index (χ0n) is 10.1. The third-order valence-corrected chi connectivity index (χ3v) is 3.48. The second kappa shape index (κ2) is 5.13. The Balaban J connectivity index is 2.41. The van der Waals surface area contributed by atoms with Gasteiger partial charge in [0.05, 0.1) is 7.11 Å². The highest BCUT2D eigenvalue weighted by molar-refractivity contribution is 4.79. The van der Waals surface area contributed by atoms with Crippen LogP contribution < -0.4 is 5.48 Å². The van der Waals surface area contributed by atoms with E-state index in [1.807, 2.05) is 0 Å². The Morgan fingerprint density at radius 1 is 1.07 bits per heavy atom. The molecule has 0 heterocycles. The Morgan fingerprint density at radius 3 is 2.36 bits per heavy atom. The normalized spacial score (nSPS) is 30.0. The van der Waals surface area contributed by atoms with Crippen LogP contribution in [0.15, 0.2) is 0 Å². The fraction of sp³-hybridized carbons (Fsp3) is 1.00. The van der Waals surface area contributed by atoms with E-state index in [9.17, 15) is 0 Å². The summed E-state index contributed by atoms with van der Waals surface area (Å²) in [6.45, 7) is 7.09. The number of hydrogen-bond acceptors (Lipinski definition) is 2. The van der Waals surface area contributed by atoms with Crippen molar-refractivity contribution in [1.82, 2.24) is 5.48 Å². The third kappa shape index (κ3) is 3.58. The van der Waals surface area contributed by atoms with Crippen LogP contribution in [0.4, 0.5) is 0 Å². The maximum Gasteiger partial charge on any atom is 0.0572 e. The number of hydroxylamine groups is 1. The van der Waals surface area contributed by atoms with Gasteiger partial charge >= 0.3 is 0 Å². The lowest BCUT2D eigenvalue weighted by atomic mass is 9.76. The van der Waals surface area contributed by atoms with Crippen LogP contribution in [-0.4, -0.2) is 13.2 Å². The van der Waals surface area contributed by atoms with Gasteiger partial charge in [-0.25, -0.2) is 0 Å². The minimum atomic E-state index is 0.474. The van der Waals surface area contributed by atoms with E-state index in [1.165, 1.54) is 32.1 Å². The van der Waals surface area contributed by atoms with Gasteiger partial charge in [-0.05, 0) is 37.0 Å². The Morgan fingerprint density at radius 2 is 1.79 bits per heavy atom. The first-order chi connectivity index (χ1) is 6.54. The molecule has 2 heteroatoms. The van der Waals surface area contributed by atoms with Gasteiger partial charge in [0.1, 0.15) is 0 Å². The van der Waals surface area contributed by atoms with Crippen LogP contribution in [-0.2, 0) is 4.84 Å². The van der Waals surface area contributed by atoms with E-state index in [1.54, 1.807) is 7.11 Å². The molecule has 0 saturated heterocycles. The second-order valence-corrected chi connectivity index (χ2v) is 5.59. The maximum absolute atomic E-state index is 5.01. The first kappa shape index (κ1) is 12.0. The standard InChI is InChI=1S/C12H25NO/c1-12(2,3)10-6-5-7-11(9-8-10)13-14-4/h10-11,13H,5-9H2,1-4H3. The largest absolute Gasteiger partial charge is 0.305 e. The van der Waals surface area contributed by atoms with Gasteiger partial charge in [0.25, 0.3) is 0 Å². The molecule has 1 saturated carbocycles. The molecule has 1 fully saturated rings. The smallest absolute Gasteiger partial charge is 0.0572 e. The predicted molar refractivity (Wildman–Crippen MR) is 60.0 cm³/mol. The average Bonchev–Trinajstić information content (AvgIpc) is 2.29. The highest BCUT2D eigenvalue weighted by Crippen LogP contribution is 2.36. The molecule has 2 unspecified atom stereocenters. The first-order valence-corrected chi connectivity index (χ1v) is 5.82. The zero-order chi connectivity index (χ0) is 10.6. The molecule has 1 rings (SSSR count). The Bertz CT molecular complexity index is 162. The SMILES string of the molecule is CONC1CCCC(C(C)(C)C)CC1. The Kier molecular flexibility index (Phi) is 4.39. The molecule has 2 nitrogen and oxygen atoms in total. The molecule has 0 spiro atoms. The van der Waals surface area contributed by atoms with E-state index in [-0.39, 0.29) is 0 Å². The number of nitrogens with one attached hydrogen (secondary N) is 1. The molecule has 14 heavy (non-hydrogen) atoms.